The van der Waals surface area contributed by atoms with Crippen molar-refractivity contribution in [1.82, 2.24) is 5.43 Å². The van der Waals surface area contributed by atoms with Crippen molar-refractivity contribution in [3.05, 3.63) is 88.1 Å². The zero-order valence-electron chi connectivity index (χ0n) is 17.7. The Morgan fingerprint density at radius 3 is 2.45 bits per heavy atom. The maximum atomic E-state index is 13.0. The quantitative estimate of drug-likeness (QED) is 0.329. The number of carbonyl (C=O) groups is 2. The molecule has 0 bridgehead atoms. The summed E-state index contributed by atoms with van der Waals surface area (Å²) < 4.78 is 24.5. The van der Waals surface area contributed by atoms with Crippen LogP contribution in [0.3, 0.4) is 0 Å². The average molecular weight is 514 g/mol. The Kier molecular flexibility index (Phi) is 8.54. The zero-order valence-corrected chi connectivity index (χ0v) is 19.3. The highest BCUT2D eigenvalue weighted by Gasteiger charge is 2.12. The Labute approximate surface area is 198 Å². The van der Waals surface area contributed by atoms with E-state index in [2.05, 4.69) is 31.8 Å². The first kappa shape index (κ1) is 23.9. The summed E-state index contributed by atoms with van der Waals surface area (Å²) in [4.78, 5) is 24.1. The Bertz CT molecular complexity index is 1140. The van der Waals surface area contributed by atoms with E-state index in [1.165, 1.54) is 25.5 Å². The minimum Gasteiger partial charge on any atom is -0.493 e. The van der Waals surface area contributed by atoms with Crippen molar-refractivity contribution in [2.24, 2.45) is 5.10 Å². The van der Waals surface area contributed by atoms with Gasteiger partial charge in [0.2, 0.25) is 5.91 Å². The minimum absolute atomic E-state index is 0.0694. The molecule has 3 rings (SSSR count). The van der Waals surface area contributed by atoms with E-state index in [9.17, 15) is 14.0 Å². The van der Waals surface area contributed by atoms with Gasteiger partial charge in [0.05, 0.1) is 19.7 Å². The monoisotopic (exact) mass is 513 g/mol. The van der Waals surface area contributed by atoms with Crippen molar-refractivity contribution in [1.29, 1.82) is 0 Å². The highest BCUT2D eigenvalue weighted by Crippen LogP contribution is 2.33. The molecule has 3 aromatic carbocycles. The van der Waals surface area contributed by atoms with Gasteiger partial charge in [-0.15, -0.1) is 0 Å². The molecule has 0 aliphatic rings. The fraction of sp³-hybridized carbons (Fsp3) is 0.125. The van der Waals surface area contributed by atoms with Gasteiger partial charge in [-0.3, -0.25) is 9.59 Å². The molecular formula is C24H21BrFN3O4. The molecule has 0 unspecified atom stereocenters. The number of hydrazone groups is 1. The number of para-hydroxylation sites is 1. The molecule has 9 heteroatoms. The first-order chi connectivity index (χ1) is 15.9. The molecule has 0 aromatic heterocycles. The highest BCUT2D eigenvalue weighted by molar-refractivity contribution is 9.10. The lowest BCUT2D eigenvalue weighted by Crippen LogP contribution is -2.20. The van der Waals surface area contributed by atoms with E-state index in [1.807, 2.05) is 18.2 Å². The number of rotatable bonds is 9. The summed E-state index contributed by atoms with van der Waals surface area (Å²) in [6, 6.07) is 18.0. The number of benzene rings is 3. The van der Waals surface area contributed by atoms with E-state index in [4.69, 9.17) is 9.47 Å². The second-order valence-electron chi connectivity index (χ2n) is 6.82. The standard InChI is InChI=1S/C24H21BrFN3O4/c1-32-21-12-17(14-27-29-23(30)11-16-7-9-18(26)10-8-16)20(25)13-22(21)33-15-24(31)28-19-5-3-2-4-6-19/h2-10,12-14H,11,15H2,1H3,(H,28,31)(H,29,30)/b27-14+. The molecule has 0 spiro atoms. The van der Waals surface area contributed by atoms with E-state index >= 15 is 0 Å². The van der Waals surface area contributed by atoms with Gasteiger partial charge >= 0.3 is 0 Å². The van der Waals surface area contributed by atoms with Crippen molar-refractivity contribution in [2.45, 2.75) is 6.42 Å². The smallest absolute Gasteiger partial charge is 0.262 e. The Morgan fingerprint density at radius 1 is 1.03 bits per heavy atom. The maximum Gasteiger partial charge on any atom is 0.262 e. The molecule has 0 heterocycles. The van der Waals surface area contributed by atoms with Crippen LogP contribution in [-0.4, -0.2) is 31.7 Å². The van der Waals surface area contributed by atoms with Gasteiger partial charge in [-0.05, 0) is 57.9 Å². The summed E-state index contributed by atoms with van der Waals surface area (Å²) >= 11 is 3.42. The first-order valence-electron chi connectivity index (χ1n) is 9.86. The largest absolute Gasteiger partial charge is 0.493 e. The van der Waals surface area contributed by atoms with Gasteiger partial charge in [0.1, 0.15) is 5.82 Å². The van der Waals surface area contributed by atoms with Crippen LogP contribution in [0.15, 0.2) is 76.3 Å². The molecule has 0 fully saturated rings. The number of amides is 2. The van der Waals surface area contributed by atoms with E-state index in [1.54, 1.807) is 36.4 Å². The van der Waals surface area contributed by atoms with Gasteiger partial charge in [-0.1, -0.05) is 30.3 Å². The number of hydrogen-bond donors (Lipinski definition) is 2. The van der Waals surface area contributed by atoms with E-state index < -0.39 is 0 Å². The van der Waals surface area contributed by atoms with Crippen molar-refractivity contribution in [2.75, 3.05) is 19.0 Å². The van der Waals surface area contributed by atoms with E-state index in [-0.39, 0.29) is 30.7 Å². The summed E-state index contributed by atoms with van der Waals surface area (Å²) in [5.41, 5.74) is 4.39. The molecule has 0 aliphatic heterocycles. The van der Waals surface area contributed by atoms with Gasteiger partial charge in [0, 0.05) is 15.7 Å². The normalized spacial score (nSPS) is 10.6. The number of halogens is 2. The molecular weight excluding hydrogens is 493 g/mol. The summed E-state index contributed by atoms with van der Waals surface area (Å²) in [7, 11) is 1.48. The molecule has 2 amide bonds. The lowest BCUT2D eigenvalue weighted by Gasteiger charge is -2.13. The lowest BCUT2D eigenvalue weighted by atomic mass is 10.1. The van der Waals surface area contributed by atoms with Crippen LogP contribution in [-0.2, 0) is 16.0 Å². The summed E-state index contributed by atoms with van der Waals surface area (Å²) in [6.07, 6.45) is 1.51. The third kappa shape index (κ3) is 7.43. The fourth-order valence-corrected chi connectivity index (χ4v) is 3.21. The summed E-state index contributed by atoms with van der Waals surface area (Å²) in [5.74, 6) is -0.255. The number of anilines is 1. The molecule has 0 atom stereocenters. The van der Waals surface area contributed by atoms with Crippen LogP contribution in [0, 0.1) is 5.82 Å². The number of hydrogen-bond acceptors (Lipinski definition) is 5. The lowest BCUT2D eigenvalue weighted by molar-refractivity contribution is -0.120. The maximum absolute atomic E-state index is 13.0. The van der Waals surface area contributed by atoms with Crippen LogP contribution in [0.1, 0.15) is 11.1 Å². The Hall–Kier alpha value is -3.72. The summed E-state index contributed by atoms with van der Waals surface area (Å²) in [6.45, 7) is -0.204. The SMILES string of the molecule is COc1cc(/C=N/NC(=O)Cc2ccc(F)cc2)c(Br)cc1OCC(=O)Nc1ccccc1. The minimum atomic E-state index is -0.361. The topological polar surface area (TPSA) is 89.0 Å². The van der Waals surface area contributed by atoms with Crippen molar-refractivity contribution >= 4 is 39.6 Å². The number of ether oxygens (including phenoxy) is 2. The Balaban J connectivity index is 1.58. The van der Waals surface area contributed by atoms with Gasteiger partial charge in [-0.25, -0.2) is 9.82 Å². The number of carbonyl (C=O) groups excluding carboxylic acids is 2. The number of methoxy groups -OCH3 is 1. The average Bonchev–Trinajstić information content (AvgIpc) is 2.81. The van der Waals surface area contributed by atoms with E-state index in [0.717, 1.165) is 0 Å². The first-order valence-corrected chi connectivity index (χ1v) is 10.7. The molecule has 7 nitrogen and oxygen atoms in total. The van der Waals surface area contributed by atoms with Crippen molar-refractivity contribution < 1.29 is 23.5 Å². The van der Waals surface area contributed by atoms with Gasteiger partial charge in [-0.2, -0.15) is 5.10 Å². The molecule has 0 aliphatic carbocycles. The van der Waals surface area contributed by atoms with Gasteiger partial charge < -0.3 is 14.8 Å². The third-order valence-corrected chi connectivity index (χ3v) is 5.06. The predicted molar refractivity (Wildman–Crippen MR) is 127 cm³/mol. The van der Waals surface area contributed by atoms with Gasteiger partial charge in [0.15, 0.2) is 18.1 Å². The predicted octanol–water partition coefficient (Wildman–Crippen LogP) is 4.31. The molecule has 0 saturated carbocycles. The highest BCUT2D eigenvalue weighted by atomic mass is 79.9. The molecule has 0 saturated heterocycles. The van der Waals surface area contributed by atoms with E-state index in [0.29, 0.717) is 32.8 Å². The molecule has 3 aromatic rings. The van der Waals surface area contributed by atoms with Crippen LogP contribution >= 0.6 is 15.9 Å². The Morgan fingerprint density at radius 2 is 1.76 bits per heavy atom. The molecule has 2 N–H and O–H groups in total. The second kappa shape index (κ2) is 11.8. The zero-order chi connectivity index (χ0) is 23.6. The van der Waals surface area contributed by atoms with Crippen molar-refractivity contribution in [3.8, 4) is 11.5 Å². The van der Waals surface area contributed by atoms with Crippen molar-refractivity contribution in [3.63, 3.8) is 0 Å². The van der Waals surface area contributed by atoms with Crippen LogP contribution in [0.25, 0.3) is 0 Å². The molecule has 0 radical (unpaired) electrons. The second-order valence-corrected chi connectivity index (χ2v) is 7.68. The fourth-order valence-electron chi connectivity index (χ4n) is 2.78. The van der Waals surface area contributed by atoms with Crippen LogP contribution in [0.4, 0.5) is 10.1 Å². The third-order valence-electron chi connectivity index (χ3n) is 4.37. The number of nitrogens with one attached hydrogen (secondary N) is 2. The number of nitrogens with zero attached hydrogens (tertiary/aromatic N) is 1. The van der Waals surface area contributed by atoms with Crippen LogP contribution in [0.5, 0.6) is 11.5 Å². The van der Waals surface area contributed by atoms with Crippen LogP contribution < -0.4 is 20.2 Å². The van der Waals surface area contributed by atoms with Gasteiger partial charge in [0.25, 0.3) is 5.91 Å². The van der Waals surface area contributed by atoms with Crippen LogP contribution in [0.2, 0.25) is 0 Å². The summed E-state index contributed by atoms with van der Waals surface area (Å²) in [5, 5.41) is 6.69. The molecule has 170 valence electrons. The molecule has 33 heavy (non-hydrogen) atoms.